The fourth-order valence-corrected chi connectivity index (χ4v) is 10.5. The molecule has 7 rings (SSSR count). The molecular formula is C32H44N2O2. The summed E-state index contributed by atoms with van der Waals surface area (Å²) in [5.41, 5.74) is 3.58. The van der Waals surface area contributed by atoms with Gasteiger partial charge in [-0.25, -0.2) is 4.58 Å². The Morgan fingerprint density at radius 1 is 0.861 bits per heavy atom. The summed E-state index contributed by atoms with van der Waals surface area (Å²) >= 11 is 0. The van der Waals surface area contributed by atoms with Crippen LogP contribution in [0.4, 0.5) is 0 Å². The number of carbonyl (C=O) groups is 1. The van der Waals surface area contributed by atoms with Crippen LogP contribution in [0.1, 0.15) is 90.9 Å². The maximum Gasteiger partial charge on any atom is 0.192 e. The van der Waals surface area contributed by atoms with Gasteiger partial charge in [0, 0.05) is 53.8 Å². The summed E-state index contributed by atoms with van der Waals surface area (Å²) in [6, 6.07) is 1.25. The van der Waals surface area contributed by atoms with Crippen LogP contribution in [0.5, 0.6) is 0 Å². The van der Waals surface area contributed by atoms with Gasteiger partial charge in [0.15, 0.2) is 17.5 Å². The smallest absolute Gasteiger partial charge is 0.192 e. The van der Waals surface area contributed by atoms with Crippen molar-refractivity contribution in [1.29, 1.82) is 0 Å². The monoisotopic (exact) mass is 488 g/mol. The molecule has 7 aliphatic rings. The van der Waals surface area contributed by atoms with Gasteiger partial charge in [-0.3, -0.25) is 4.79 Å². The average Bonchev–Trinajstić information content (AvgIpc) is 3.40. The second kappa shape index (κ2) is 8.88. The number of hydrogen-bond acceptors (Lipinski definition) is 3. The molecule has 8 atom stereocenters. The molecule has 0 bridgehead atoms. The zero-order chi connectivity index (χ0) is 24.6. The maximum atomic E-state index is 13.5. The molecular weight excluding hydrogens is 444 g/mol. The van der Waals surface area contributed by atoms with Crippen LogP contribution in [0.3, 0.4) is 0 Å². The van der Waals surface area contributed by atoms with Crippen LogP contribution in [0.2, 0.25) is 0 Å². The van der Waals surface area contributed by atoms with E-state index in [1.54, 1.807) is 0 Å². The van der Waals surface area contributed by atoms with E-state index >= 15 is 0 Å². The van der Waals surface area contributed by atoms with Crippen molar-refractivity contribution in [3.05, 3.63) is 34.8 Å². The van der Waals surface area contributed by atoms with Gasteiger partial charge >= 0.3 is 0 Å². The molecule has 0 spiro atoms. The molecule has 4 nitrogen and oxygen atoms in total. The third-order valence-corrected chi connectivity index (χ3v) is 11.7. The van der Waals surface area contributed by atoms with Crippen molar-refractivity contribution < 1.29 is 14.5 Å². The van der Waals surface area contributed by atoms with Gasteiger partial charge in [0.25, 0.3) is 0 Å². The molecule has 0 N–H and O–H groups in total. The summed E-state index contributed by atoms with van der Waals surface area (Å²) in [5, 5.41) is 13.5. The van der Waals surface area contributed by atoms with Gasteiger partial charge in [0.1, 0.15) is 6.54 Å². The van der Waals surface area contributed by atoms with E-state index in [4.69, 9.17) is 0 Å². The van der Waals surface area contributed by atoms with E-state index in [0.717, 1.165) is 36.8 Å². The van der Waals surface area contributed by atoms with Crippen molar-refractivity contribution in [2.75, 3.05) is 13.1 Å². The first-order valence-corrected chi connectivity index (χ1v) is 15.4. The summed E-state index contributed by atoms with van der Waals surface area (Å²) in [7, 11) is 0. The normalized spacial score (nSPS) is 43.8. The first kappa shape index (κ1) is 23.3. The van der Waals surface area contributed by atoms with Gasteiger partial charge < -0.3 is 10.0 Å². The van der Waals surface area contributed by atoms with Crippen LogP contribution in [0, 0.1) is 35.5 Å². The highest BCUT2D eigenvalue weighted by molar-refractivity contribution is 6.23. The molecule has 0 aromatic rings. The Kier molecular flexibility index (Phi) is 5.74. The number of ketones is 1. The Morgan fingerprint density at radius 3 is 2.22 bits per heavy atom. The Labute approximate surface area is 217 Å². The van der Waals surface area contributed by atoms with Gasteiger partial charge in [-0.1, -0.05) is 37.9 Å². The van der Waals surface area contributed by atoms with E-state index in [0.29, 0.717) is 35.1 Å². The largest absolute Gasteiger partial charge is 0.871 e. The molecule has 0 amide bonds. The van der Waals surface area contributed by atoms with Gasteiger partial charge in [-0.2, -0.15) is 0 Å². The lowest BCUT2D eigenvalue weighted by atomic mass is 9.64. The summed E-state index contributed by atoms with van der Waals surface area (Å²) in [4.78, 5) is 16.1. The summed E-state index contributed by atoms with van der Waals surface area (Å²) in [6.07, 6.45) is 19.9. The Balaban J connectivity index is 1.23. The van der Waals surface area contributed by atoms with Crippen molar-refractivity contribution in [2.45, 2.75) is 103 Å². The van der Waals surface area contributed by atoms with Gasteiger partial charge in [0.05, 0.1) is 5.92 Å². The van der Waals surface area contributed by atoms with Crippen molar-refractivity contribution in [3.63, 3.8) is 0 Å². The highest BCUT2D eigenvalue weighted by Gasteiger charge is 2.54. The van der Waals surface area contributed by atoms with Crippen molar-refractivity contribution in [3.8, 4) is 0 Å². The summed E-state index contributed by atoms with van der Waals surface area (Å²) < 4.78 is 2.58. The molecule has 4 saturated carbocycles. The van der Waals surface area contributed by atoms with Crippen LogP contribution >= 0.6 is 0 Å². The highest BCUT2D eigenvalue weighted by Crippen LogP contribution is 2.55. The number of carbonyl (C=O) groups excluding carboxylic acids is 1. The molecule has 0 aromatic carbocycles. The predicted octanol–water partition coefficient (Wildman–Crippen LogP) is 4.99. The standard InChI is InChI=1S/C32H44N2O2/c1-3-33-25-15-7-11-19-9-5-13-21(29(19)25)27(33)17-23-31(35)24(32(23)36)18-28-22-14-6-10-20-12-8-16-26(30(20)22)34(28)4-2/h17-22,25-26,29-30H,3-16H2,1-2H3. The van der Waals surface area contributed by atoms with E-state index in [9.17, 15) is 9.90 Å². The quantitative estimate of drug-likeness (QED) is 0.414. The number of hydrogen-bond donors (Lipinski definition) is 0. The molecule has 0 aromatic heterocycles. The Morgan fingerprint density at radius 2 is 1.53 bits per heavy atom. The molecule has 2 heterocycles. The second-order valence-corrected chi connectivity index (χ2v) is 12.9. The summed E-state index contributed by atoms with van der Waals surface area (Å²) in [5.74, 6) is 4.31. The zero-order valence-corrected chi connectivity index (χ0v) is 22.4. The molecule has 1 saturated heterocycles. The van der Waals surface area contributed by atoms with Gasteiger partial charge in [-0.05, 0) is 76.2 Å². The average molecular weight is 489 g/mol. The van der Waals surface area contributed by atoms with Crippen molar-refractivity contribution >= 4 is 11.5 Å². The predicted molar refractivity (Wildman–Crippen MR) is 140 cm³/mol. The molecule has 194 valence electrons. The molecule has 36 heavy (non-hydrogen) atoms. The van der Waals surface area contributed by atoms with Crippen LogP contribution in [0.15, 0.2) is 34.8 Å². The van der Waals surface area contributed by atoms with Gasteiger partial charge in [0.2, 0.25) is 0 Å². The number of Topliss-reactive ketones (excluding diaryl/α,β-unsaturated/α-hetero) is 1. The van der Waals surface area contributed by atoms with Crippen molar-refractivity contribution in [2.24, 2.45) is 35.5 Å². The Hall–Kier alpha value is -1.84. The van der Waals surface area contributed by atoms with Crippen LogP contribution in [-0.4, -0.2) is 46.1 Å². The fourth-order valence-electron chi connectivity index (χ4n) is 10.5. The SMILES string of the molecule is CCN1/C(=C/C2=C([O-])C(=C/C3=[N+](CC)C4CCCC5CCCC3C54)/C2=O)C2CCCC3CCCC1C32. The number of allylic oxidation sites excluding steroid dienone is 5. The fraction of sp³-hybridized carbons (Fsp3) is 0.750. The second-order valence-electron chi connectivity index (χ2n) is 12.9. The topological polar surface area (TPSA) is 46.4 Å². The number of likely N-dealkylation sites (tertiary alicyclic amines) is 1. The molecule has 0 radical (unpaired) electrons. The van der Waals surface area contributed by atoms with Crippen LogP contribution < -0.4 is 5.11 Å². The Bertz CT molecular complexity index is 1080. The number of rotatable bonds is 4. The molecule has 8 unspecified atom stereocenters. The van der Waals surface area contributed by atoms with E-state index < -0.39 is 0 Å². The first-order chi connectivity index (χ1) is 17.6. The van der Waals surface area contributed by atoms with Crippen LogP contribution in [-0.2, 0) is 4.79 Å². The lowest BCUT2D eigenvalue weighted by Crippen LogP contribution is -2.39. The van der Waals surface area contributed by atoms with Crippen LogP contribution in [0.25, 0.3) is 0 Å². The van der Waals surface area contributed by atoms with Gasteiger partial charge in [-0.15, -0.1) is 0 Å². The first-order valence-electron chi connectivity index (χ1n) is 15.4. The third-order valence-electron chi connectivity index (χ3n) is 11.7. The molecule has 5 aliphatic carbocycles. The highest BCUT2D eigenvalue weighted by atomic mass is 16.3. The lowest BCUT2D eigenvalue weighted by molar-refractivity contribution is -0.565. The van der Waals surface area contributed by atoms with E-state index in [1.807, 2.05) is 0 Å². The minimum Gasteiger partial charge on any atom is -0.871 e. The maximum absolute atomic E-state index is 13.5. The van der Waals surface area contributed by atoms with Crippen molar-refractivity contribution in [1.82, 2.24) is 4.90 Å². The number of nitrogens with zero attached hydrogens (tertiary/aromatic N) is 2. The van der Waals surface area contributed by atoms with E-state index in [2.05, 4.69) is 35.5 Å². The lowest BCUT2D eigenvalue weighted by Gasteiger charge is -2.41. The van der Waals surface area contributed by atoms with E-state index in [1.165, 1.54) is 88.5 Å². The summed E-state index contributed by atoms with van der Waals surface area (Å²) in [6.45, 7) is 6.48. The molecule has 4 heteroatoms. The minimum absolute atomic E-state index is 0.0107. The molecule has 2 aliphatic heterocycles. The molecule has 5 fully saturated rings. The third kappa shape index (κ3) is 3.24. The minimum atomic E-state index is 0.0107. The van der Waals surface area contributed by atoms with E-state index in [-0.39, 0.29) is 11.5 Å². The zero-order valence-electron chi connectivity index (χ0n) is 22.4.